The average Bonchev–Trinajstić information content (AvgIpc) is 2.61. The Kier molecular flexibility index (Phi) is 3.60. The van der Waals surface area contributed by atoms with Crippen molar-refractivity contribution >= 4 is 39.0 Å². The zero-order chi connectivity index (χ0) is 16.4. The van der Waals surface area contributed by atoms with Crippen LogP contribution in [0.4, 0.5) is 16.2 Å². The fourth-order valence-corrected chi connectivity index (χ4v) is 2.88. The van der Waals surface area contributed by atoms with Crippen LogP contribution in [0, 0.1) is 0 Å². The minimum absolute atomic E-state index is 0.248. The maximum absolute atomic E-state index is 12.3. The van der Waals surface area contributed by atoms with E-state index in [-0.39, 0.29) is 6.03 Å². The number of carbonyl (C=O) groups excluding carboxylic acids is 1. The molecular formula is C21H16N2O. The minimum Gasteiger partial charge on any atom is -0.308 e. The van der Waals surface area contributed by atoms with E-state index in [2.05, 4.69) is 41.0 Å². The van der Waals surface area contributed by atoms with Crippen LogP contribution in [-0.4, -0.2) is 6.03 Å². The molecule has 0 unspecified atom stereocenters. The second-order valence-corrected chi connectivity index (χ2v) is 5.67. The van der Waals surface area contributed by atoms with Gasteiger partial charge in [-0.15, -0.1) is 0 Å². The summed E-state index contributed by atoms with van der Waals surface area (Å²) in [6, 6.07) is 27.6. The number of anilines is 2. The normalized spacial score (nSPS) is 10.7. The van der Waals surface area contributed by atoms with Crippen LogP contribution in [0.5, 0.6) is 0 Å². The Morgan fingerprint density at radius 1 is 0.625 bits per heavy atom. The van der Waals surface area contributed by atoms with Gasteiger partial charge >= 0.3 is 6.03 Å². The lowest BCUT2D eigenvalue weighted by molar-refractivity contribution is 0.262. The molecule has 0 heterocycles. The van der Waals surface area contributed by atoms with Crippen molar-refractivity contribution in [3.8, 4) is 0 Å². The molecule has 2 amide bonds. The van der Waals surface area contributed by atoms with Gasteiger partial charge in [-0.1, -0.05) is 54.6 Å². The fraction of sp³-hybridized carbons (Fsp3) is 0. The summed E-state index contributed by atoms with van der Waals surface area (Å²) in [6.07, 6.45) is 0. The van der Waals surface area contributed by atoms with Gasteiger partial charge in [-0.2, -0.15) is 0 Å². The number of nitrogens with one attached hydrogen (secondary N) is 2. The molecule has 0 aliphatic heterocycles. The molecule has 4 rings (SSSR count). The Hall–Kier alpha value is -3.33. The van der Waals surface area contributed by atoms with E-state index in [1.807, 2.05) is 54.6 Å². The summed E-state index contributed by atoms with van der Waals surface area (Å²) in [5.74, 6) is 0. The number of amides is 2. The molecule has 0 aliphatic rings. The molecule has 3 heteroatoms. The molecule has 4 aromatic rings. The van der Waals surface area contributed by atoms with Crippen molar-refractivity contribution in [2.24, 2.45) is 0 Å². The fourth-order valence-electron chi connectivity index (χ4n) is 2.88. The number of hydrogen-bond donors (Lipinski definition) is 2. The van der Waals surface area contributed by atoms with Crippen LogP contribution in [0.2, 0.25) is 0 Å². The minimum atomic E-state index is -0.248. The van der Waals surface area contributed by atoms with Crippen molar-refractivity contribution in [1.82, 2.24) is 0 Å². The van der Waals surface area contributed by atoms with Gasteiger partial charge in [-0.25, -0.2) is 4.79 Å². The standard InChI is InChI=1S/C21H16N2O/c24-21(22-18-10-2-1-3-11-18)23-20-12-6-9-17-13-15-7-4-5-8-16(15)14-19(17)20/h1-14H,(H2,22,23,24). The van der Waals surface area contributed by atoms with Crippen LogP contribution in [-0.2, 0) is 0 Å². The van der Waals surface area contributed by atoms with Gasteiger partial charge in [0.1, 0.15) is 0 Å². The summed E-state index contributed by atoms with van der Waals surface area (Å²) in [5, 5.41) is 10.3. The molecule has 0 bridgehead atoms. The first-order valence-electron chi connectivity index (χ1n) is 7.84. The molecule has 0 saturated heterocycles. The Bertz CT molecular complexity index is 1030. The first kappa shape index (κ1) is 14.3. The van der Waals surface area contributed by atoms with Crippen LogP contribution in [0.1, 0.15) is 0 Å². The summed E-state index contributed by atoms with van der Waals surface area (Å²) < 4.78 is 0. The maximum atomic E-state index is 12.3. The van der Waals surface area contributed by atoms with Crippen molar-refractivity contribution in [2.75, 3.05) is 10.6 Å². The number of fused-ring (bicyclic) bond motifs is 2. The predicted octanol–water partition coefficient (Wildman–Crippen LogP) is 5.64. The second-order valence-electron chi connectivity index (χ2n) is 5.67. The van der Waals surface area contributed by atoms with Gasteiger partial charge in [-0.05, 0) is 46.5 Å². The van der Waals surface area contributed by atoms with Crippen molar-refractivity contribution < 1.29 is 4.79 Å². The summed E-state index contributed by atoms with van der Waals surface area (Å²) in [4.78, 5) is 12.3. The number of hydrogen-bond acceptors (Lipinski definition) is 1. The molecule has 0 aromatic heterocycles. The van der Waals surface area contributed by atoms with E-state index in [4.69, 9.17) is 0 Å². The van der Waals surface area contributed by atoms with E-state index in [0.717, 1.165) is 27.5 Å². The first-order valence-corrected chi connectivity index (χ1v) is 7.84. The molecular weight excluding hydrogens is 296 g/mol. The topological polar surface area (TPSA) is 41.1 Å². The summed E-state index contributed by atoms with van der Waals surface area (Å²) in [5.41, 5.74) is 1.56. The molecule has 3 nitrogen and oxygen atoms in total. The highest BCUT2D eigenvalue weighted by Crippen LogP contribution is 2.28. The zero-order valence-electron chi connectivity index (χ0n) is 13.0. The van der Waals surface area contributed by atoms with Crippen LogP contribution < -0.4 is 10.6 Å². The molecule has 4 aromatic carbocycles. The second kappa shape index (κ2) is 6.05. The molecule has 0 radical (unpaired) electrons. The highest BCUT2D eigenvalue weighted by atomic mass is 16.2. The third-order valence-electron chi connectivity index (χ3n) is 4.03. The predicted molar refractivity (Wildman–Crippen MR) is 101 cm³/mol. The third-order valence-corrected chi connectivity index (χ3v) is 4.03. The first-order chi connectivity index (χ1) is 11.8. The molecule has 0 fully saturated rings. The maximum Gasteiger partial charge on any atom is 0.323 e. The van der Waals surface area contributed by atoms with Gasteiger partial charge in [0.15, 0.2) is 0 Å². The molecule has 0 saturated carbocycles. The smallest absolute Gasteiger partial charge is 0.308 e. The van der Waals surface area contributed by atoms with Gasteiger partial charge in [0.2, 0.25) is 0 Å². The van der Waals surface area contributed by atoms with E-state index in [1.54, 1.807) is 0 Å². The zero-order valence-corrected chi connectivity index (χ0v) is 13.0. The van der Waals surface area contributed by atoms with Gasteiger partial charge in [-0.3, -0.25) is 0 Å². The van der Waals surface area contributed by atoms with Crippen molar-refractivity contribution in [1.29, 1.82) is 0 Å². The lowest BCUT2D eigenvalue weighted by atomic mass is 10.0. The van der Waals surface area contributed by atoms with Gasteiger partial charge < -0.3 is 10.6 Å². The largest absolute Gasteiger partial charge is 0.323 e. The molecule has 24 heavy (non-hydrogen) atoms. The summed E-state index contributed by atoms with van der Waals surface area (Å²) in [6.45, 7) is 0. The molecule has 0 spiro atoms. The summed E-state index contributed by atoms with van der Waals surface area (Å²) in [7, 11) is 0. The lowest BCUT2D eigenvalue weighted by Gasteiger charge is -2.11. The number of urea groups is 1. The van der Waals surface area contributed by atoms with E-state index >= 15 is 0 Å². The molecule has 2 N–H and O–H groups in total. The van der Waals surface area contributed by atoms with Crippen LogP contribution in [0.3, 0.4) is 0 Å². The molecule has 116 valence electrons. The van der Waals surface area contributed by atoms with Crippen molar-refractivity contribution in [2.45, 2.75) is 0 Å². The molecule has 0 atom stereocenters. The Morgan fingerprint density at radius 3 is 2.08 bits per heavy atom. The summed E-state index contributed by atoms with van der Waals surface area (Å²) >= 11 is 0. The van der Waals surface area contributed by atoms with Crippen LogP contribution in [0.25, 0.3) is 21.5 Å². The Labute approximate surface area is 139 Å². The van der Waals surface area contributed by atoms with Gasteiger partial charge in [0.25, 0.3) is 0 Å². The van der Waals surface area contributed by atoms with Crippen molar-refractivity contribution in [3.63, 3.8) is 0 Å². The highest BCUT2D eigenvalue weighted by Gasteiger charge is 2.07. The Balaban J connectivity index is 1.68. The van der Waals surface area contributed by atoms with E-state index in [9.17, 15) is 4.79 Å². The van der Waals surface area contributed by atoms with Gasteiger partial charge in [0, 0.05) is 11.1 Å². The highest BCUT2D eigenvalue weighted by molar-refractivity contribution is 6.09. The number of benzene rings is 4. The number of carbonyl (C=O) groups is 1. The van der Waals surface area contributed by atoms with Crippen LogP contribution in [0.15, 0.2) is 84.9 Å². The van der Waals surface area contributed by atoms with Gasteiger partial charge in [0.05, 0.1) is 5.69 Å². The van der Waals surface area contributed by atoms with E-state index in [0.29, 0.717) is 0 Å². The molecule has 0 aliphatic carbocycles. The van der Waals surface area contributed by atoms with E-state index in [1.165, 1.54) is 5.39 Å². The van der Waals surface area contributed by atoms with E-state index < -0.39 is 0 Å². The average molecular weight is 312 g/mol. The third kappa shape index (κ3) is 2.79. The number of para-hydroxylation sites is 1. The van der Waals surface area contributed by atoms with Crippen molar-refractivity contribution in [3.05, 3.63) is 84.9 Å². The SMILES string of the molecule is O=C(Nc1ccccc1)Nc1cccc2cc3ccccc3cc12. The Morgan fingerprint density at radius 2 is 1.29 bits per heavy atom. The quantitative estimate of drug-likeness (QED) is 0.462. The van der Waals surface area contributed by atoms with Crippen LogP contribution >= 0.6 is 0 Å². The number of rotatable bonds is 2. The monoisotopic (exact) mass is 312 g/mol. The lowest BCUT2D eigenvalue weighted by Crippen LogP contribution is -2.19.